The second-order valence-corrected chi connectivity index (χ2v) is 0. The maximum absolute atomic E-state index is 0. The average molecular weight is 312 g/mol. The minimum atomic E-state index is 0. The Labute approximate surface area is 64.8 Å². The van der Waals surface area contributed by atoms with Gasteiger partial charge in [0, 0.05) is 64.9 Å². The van der Waals surface area contributed by atoms with Crippen LogP contribution in [0.15, 0.2) is 0 Å². The molecule has 0 saturated heterocycles. The Morgan fingerprint density at radius 1 is 1.00 bits per heavy atom. The van der Waals surface area contributed by atoms with E-state index in [1.807, 2.05) is 0 Å². The topological polar surface area (TPSA) is 30.5 Å². The van der Waals surface area contributed by atoms with Gasteiger partial charge in [-0.1, -0.05) is 0 Å². The Morgan fingerprint density at radius 3 is 1.00 bits per heavy atom. The summed E-state index contributed by atoms with van der Waals surface area (Å²) in [5.74, 6) is 0. The van der Waals surface area contributed by atoms with Gasteiger partial charge in [0.25, 0.3) is 0 Å². The van der Waals surface area contributed by atoms with Crippen LogP contribution >= 0.6 is 13.5 Å². The van der Waals surface area contributed by atoms with Crippen molar-refractivity contribution < 1.29 is 37.8 Å². The van der Waals surface area contributed by atoms with Gasteiger partial charge in [0.05, 0.1) is 0 Å². The Bertz CT molecular complexity index is 11.6. The number of hydrogen-bond acceptors (Lipinski definition) is 0. The summed E-state index contributed by atoms with van der Waals surface area (Å²) in [7, 11) is 0. The zero-order valence-electron chi connectivity index (χ0n) is 2.01. The van der Waals surface area contributed by atoms with Gasteiger partial charge in [-0.15, -0.1) is 0 Å². The molecule has 34 valence electrons. The molecule has 5 heavy (non-hydrogen) atoms. The monoisotopic (exact) mass is 312 g/mol. The van der Waals surface area contributed by atoms with Gasteiger partial charge >= 0.3 is 0 Å². The van der Waals surface area contributed by atoms with Crippen molar-refractivity contribution in [1.29, 1.82) is 0 Å². The summed E-state index contributed by atoms with van der Waals surface area (Å²) < 4.78 is 0. The fourth-order valence-corrected chi connectivity index (χ4v) is 0. The van der Waals surface area contributed by atoms with Crippen LogP contribution in [0.3, 0.4) is 0 Å². The fourth-order valence-electron chi connectivity index (χ4n) is 0. The largest absolute Gasteiger partial charge is 0 e. The first-order valence-electron chi connectivity index (χ1n) is 0. The molecule has 10 radical (unpaired) electrons. The molecule has 0 saturated carbocycles. The second kappa shape index (κ2) is 49.3. The molecular weight excluding hydrogens is 312 g/mol. The Morgan fingerprint density at radius 2 is 1.00 bits per heavy atom. The molecule has 0 aliphatic rings. The van der Waals surface area contributed by atoms with Gasteiger partial charge in [0.15, 0.2) is 0 Å². The molecule has 0 bridgehead atoms. The molecule has 4 heteroatoms. The molecule has 0 aromatic heterocycles. The van der Waals surface area contributed by atoms with E-state index in [0.29, 0.717) is 0 Å². The molecule has 0 atom stereocenters. The first-order chi connectivity index (χ1) is 0. The van der Waals surface area contributed by atoms with Crippen LogP contribution in [-0.2, 0) is 37.8 Å². The third-order valence-corrected chi connectivity index (χ3v) is 0. The second-order valence-electron chi connectivity index (χ2n) is 0. The van der Waals surface area contributed by atoms with Gasteiger partial charge in [-0.25, -0.2) is 0 Å². The van der Waals surface area contributed by atoms with Crippen LogP contribution in [0.25, 0.3) is 0 Å². The summed E-state index contributed by atoms with van der Waals surface area (Å²) in [6, 6.07) is 0. The van der Waals surface area contributed by atoms with Gasteiger partial charge in [-0.05, 0) is 0 Å². The van der Waals surface area contributed by atoms with Crippen molar-refractivity contribution >= 4 is 13.5 Å². The first-order valence-corrected chi connectivity index (χ1v) is 0. The minimum Gasteiger partial charge on any atom is 0 e. The maximum Gasteiger partial charge on any atom is 0 e. The molecule has 0 aromatic carbocycles. The van der Waals surface area contributed by atoms with Crippen LogP contribution in [0.4, 0.5) is 0 Å². The smallest absolute Gasteiger partial charge is 0 e. The van der Waals surface area contributed by atoms with Crippen molar-refractivity contribution in [2.45, 2.75) is 0 Å². The van der Waals surface area contributed by atoms with E-state index >= 15 is 0 Å². The zero-order valence-corrected chi connectivity index (χ0v) is 6.13. The number of hydrogen-bond donors (Lipinski definition) is 0. The van der Waals surface area contributed by atoms with Gasteiger partial charge < -0.3 is 0 Å². The quantitative estimate of drug-likeness (QED) is 0.614. The van der Waals surface area contributed by atoms with E-state index in [1.165, 1.54) is 0 Å². The van der Waals surface area contributed by atoms with Crippen LogP contribution in [-0.4, -0.2) is 0 Å². The molecule has 0 heterocycles. The van der Waals surface area contributed by atoms with Crippen LogP contribution in [0, 0.1) is 7.43 Å². The van der Waals surface area contributed by atoms with Crippen molar-refractivity contribution in [2.24, 2.45) is 0 Å². The van der Waals surface area contributed by atoms with Gasteiger partial charge in [-0.3, -0.25) is 0 Å². The van der Waals surface area contributed by atoms with Crippen LogP contribution in [0.2, 0.25) is 0 Å². The van der Waals surface area contributed by atoms with Crippen LogP contribution in [0.5, 0.6) is 0 Å². The standard InChI is InChI=1S/C.Co.N.Pt.S. The molecule has 0 aromatic rings. The minimum absolute atomic E-state index is 0. The molecule has 0 N–H and O–H groups in total. The van der Waals surface area contributed by atoms with Crippen molar-refractivity contribution in [1.82, 2.24) is 6.15 Å². The molecule has 0 amide bonds. The predicted molar refractivity (Wildman–Crippen MR) is 13.0 cm³/mol. The third-order valence-electron chi connectivity index (χ3n) is 0. The summed E-state index contributed by atoms with van der Waals surface area (Å²) in [5.41, 5.74) is 0. The predicted octanol–water partition coefficient (Wildman–Crippen LogP) is 0.244. The summed E-state index contributed by atoms with van der Waals surface area (Å²) in [4.78, 5) is 0. The number of nitrogens with zero attached hydrogens (tertiary/aromatic N) is 1. The maximum atomic E-state index is 0. The average Bonchev–Trinajstić information content (AvgIpc) is 0. The number of rotatable bonds is 0. The normalized spacial score (nSPS) is 0. The molecule has 0 aliphatic carbocycles. The van der Waals surface area contributed by atoms with Crippen molar-refractivity contribution in [3.05, 3.63) is 7.43 Å². The van der Waals surface area contributed by atoms with Gasteiger partial charge in [-0.2, -0.15) is 0 Å². The van der Waals surface area contributed by atoms with Crippen LogP contribution < -0.4 is 6.15 Å². The third kappa shape index (κ3) is 29.9. The van der Waals surface area contributed by atoms with E-state index in [9.17, 15) is 0 Å². The molecule has 1 nitrogen and oxygen atoms in total. The summed E-state index contributed by atoms with van der Waals surface area (Å²) >= 11 is 0. The molecule has 0 fully saturated rings. The van der Waals surface area contributed by atoms with Crippen molar-refractivity contribution in [3.8, 4) is 0 Å². The molecular formula is CCoNPtS. The Hall–Kier alpha value is 1.50. The summed E-state index contributed by atoms with van der Waals surface area (Å²) in [6.45, 7) is 0. The SMILES string of the molecule is [C].[Co].[N].[Pt].[S]. The molecule has 0 unspecified atom stereocenters. The van der Waals surface area contributed by atoms with Gasteiger partial charge in [0.2, 0.25) is 0 Å². The van der Waals surface area contributed by atoms with E-state index in [1.54, 1.807) is 0 Å². The Balaban J connectivity index is 0. The molecule has 0 aliphatic heterocycles. The summed E-state index contributed by atoms with van der Waals surface area (Å²) in [6.07, 6.45) is 0. The molecule has 0 spiro atoms. The summed E-state index contributed by atoms with van der Waals surface area (Å²) in [5, 5.41) is 0. The van der Waals surface area contributed by atoms with E-state index in [2.05, 4.69) is 0 Å². The zero-order chi connectivity index (χ0) is 0. The fraction of sp³-hybridized carbons (Fsp3) is 0. The first kappa shape index (κ1) is 87.0. The Kier molecular flexibility index (Phi) is 859. The molecule has 0 rings (SSSR count). The van der Waals surface area contributed by atoms with E-state index in [-0.39, 0.29) is 64.9 Å². The van der Waals surface area contributed by atoms with Gasteiger partial charge in [0.1, 0.15) is 0 Å². The van der Waals surface area contributed by atoms with Crippen molar-refractivity contribution in [2.75, 3.05) is 0 Å². The van der Waals surface area contributed by atoms with E-state index in [0.717, 1.165) is 0 Å². The van der Waals surface area contributed by atoms with Crippen molar-refractivity contribution in [3.63, 3.8) is 0 Å². The van der Waals surface area contributed by atoms with Crippen LogP contribution in [0.1, 0.15) is 0 Å². The van der Waals surface area contributed by atoms with E-state index < -0.39 is 0 Å². The van der Waals surface area contributed by atoms with E-state index in [4.69, 9.17) is 0 Å².